The molecule has 0 spiro atoms. The molecule has 2 aliphatic rings. The summed E-state index contributed by atoms with van der Waals surface area (Å²) in [5, 5.41) is 20.4. The summed E-state index contributed by atoms with van der Waals surface area (Å²) in [7, 11) is -5.82. The highest BCUT2D eigenvalue weighted by Gasteiger charge is 2.65. The number of fused-ring (bicyclic) bond motifs is 3. The third kappa shape index (κ3) is 3.34. The fourth-order valence-corrected chi connectivity index (χ4v) is 7.42. The third-order valence-electron chi connectivity index (χ3n) is 7.27. The first-order valence-corrected chi connectivity index (χ1v) is 11.6. The zero-order valence-corrected chi connectivity index (χ0v) is 17.4. The number of hydrogen-bond acceptors (Lipinski definition) is 6. The molecule has 2 saturated carbocycles. The number of hydrogen-bond donors (Lipinski definition) is 3. The molecule has 1 aromatic carbocycles. The molecule has 3 atom stereocenters. The quantitative estimate of drug-likeness (QED) is 0.588. The summed E-state index contributed by atoms with van der Waals surface area (Å²) in [5.74, 6) is -1.25. The van der Waals surface area contributed by atoms with Gasteiger partial charge in [0.05, 0.1) is 18.0 Å². The van der Waals surface area contributed by atoms with E-state index in [1.165, 1.54) is 6.26 Å². The van der Waals surface area contributed by atoms with Crippen LogP contribution < -0.4 is 4.72 Å². The molecule has 2 bridgehead atoms. The fraction of sp³-hybridized carbons (Fsp3) is 0.550. The van der Waals surface area contributed by atoms with Gasteiger partial charge in [0.2, 0.25) is 10.0 Å². The zero-order chi connectivity index (χ0) is 21.0. The van der Waals surface area contributed by atoms with E-state index in [1.54, 1.807) is 6.07 Å². The van der Waals surface area contributed by atoms with Gasteiger partial charge >= 0.3 is 7.12 Å². The molecule has 0 amide bonds. The minimum Gasteiger partial charge on any atom is -0.464 e. The largest absolute Gasteiger partial charge is 0.471 e. The number of ketones is 1. The maximum absolute atomic E-state index is 13.0. The molecular formula is C20H26BNO6S. The molecule has 0 saturated heterocycles. The van der Waals surface area contributed by atoms with Gasteiger partial charge in [0, 0.05) is 17.2 Å². The molecule has 0 radical (unpaired) electrons. The van der Waals surface area contributed by atoms with Gasteiger partial charge in [-0.25, -0.2) is 13.1 Å². The fourth-order valence-electron chi connectivity index (χ4n) is 5.34. The summed E-state index contributed by atoms with van der Waals surface area (Å²) in [6.07, 6.45) is 3.39. The Kier molecular flexibility index (Phi) is 4.93. The molecule has 9 heteroatoms. The van der Waals surface area contributed by atoms with Crippen molar-refractivity contribution in [3.63, 3.8) is 0 Å². The molecule has 4 rings (SSSR count). The van der Waals surface area contributed by atoms with Crippen molar-refractivity contribution in [2.75, 3.05) is 5.75 Å². The van der Waals surface area contributed by atoms with Crippen molar-refractivity contribution < 1.29 is 27.7 Å². The molecular weight excluding hydrogens is 393 g/mol. The monoisotopic (exact) mass is 419 g/mol. The Morgan fingerprint density at radius 3 is 2.66 bits per heavy atom. The van der Waals surface area contributed by atoms with Crippen LogP contribution in [-0.4, -0.2) is 43.1 Å². The highest BCUT2D eigenvalue weighted by molar-refractivity contribution is 7.89. The molecule has 2 fully saturated rings. The van der Waals surface area contributed by atoms with E-state index < -0.39 is 28.5 Å². The molecule has 7 nitrogen and oxygen atoms in total. The van der Waals surface area contributed by atoms with E-state index in [1.807, 2.05) is 32.0 Å². The SMILES string of the molecule is CC1(C)C2CCC1(CS(=O)(=O)NC(Cc1coc3ccccc13)B(O)O)C(=O)C2. The van der Waals surface area contributed by atoms with E-state index in [0.717, 1.165) is 11.8 Å². The molecule has 3 N–H and O–H groups in total. The van der Waals surface area contributed by atoms with Gasteiger partial charge in [-0.05, 0) is 42.2 Å². The first kappa shape index (κ1) is 20.6. The zero-order valence-electron chi connectivity index (χ0n) is 16.6. The first-order chi connectivity index (χ1) is 13.6. The molecule has 2 aromatic rings. The lowest BCUT2D eigenvalue weighted by Crippen LogP contribution is -2.52. The van der Waals surface area contributed by atoms with Crippen molar-refractivity contribution in [3.05, 3.63) is 36.1 Å². The van der Waals surface area contributed by atoms with Crippen LogP contribution in [0.15, 0.2) is 34.9 Å². The van der Waals surface area contributed by atoms with Gasteiger partial charge in [0.25, 0.3) is 0 Å². The predicted octanol–water partition coefficient (Wildman–Crippen LogP) is 1.67. The number of furan rings is 1. The summed E-state index contributed by atoms with van der Waals surface area (Å²) < 4.78 is 33.9. The standard InChI is InChI=1S/C20H26BNO6S/c1-19(2)14-7-8-20(19,17(23)10-14)12-29(26,27)22-18(21(24)25)9-13-11-28-16-6-4-3-5-15(13)16/h3-6,11,14,18,22,24-25H,7-10,12H2,1-2H3. The van der Waals surface area contributed by atoms with E-state index in [9.17, 15) is 23.3 Å². The number of rotatable bonds is 7. The lowest BCUT2D eigenvalue weighted by molar-refractivity contribution is -0.128. The van der Waals surface area contributed by atoms with Crippen molar-refractivity contribution in [1.82, 2.24) is 4.72 Å². The number of carbonyl (C=O) groups excluding carboxylic acids is 1. The van der Waals surface area contributed by atoms with E-state index in [2.05, 4.69) is 4.72 Å². The van der Waals surface area contributed by atoms with Crippen molar-refractivity contribution in [2.24, 2.45) is 16.7 Å². The molecule has 29 heavy (non-hydrogen) atoms. The number of benzene rings is 1. The predicted molar refractivity (Wildman–Crippen MR) is 109 cm³/mol. The molecule has 1 heterocycles. The van der Waals surface area contributed by atoms with Crippen LogP contribution in [0.1, 0.15) is 38.7 Å². The van der Waals surface area contributed by atoms with Crippen molar-refractivity contribution >= 4 is 33.9 Å². The molecule has 3 unspecified atom stereocenters. The Morgan fingerprint density at radius 2 is 2.03 bits per heavy atom. The van der Waals surface area contributed by atoms with E-state index in [4.69, 9.17) is 4.42 Å². The Morgan fingerprint density at radius 1 is 1.31 bits per heavy atom. The third-order valence-corrected chi connectivity index (χ3v) is 8.80. The minimum absolute atomic E-state index is 0.00560. The summed E-state index contributed by atoms with van der Waals surface area (Å²) >= 11 is 0. The molecule has 2 aliphatic carbocycles. The Hall–Kier alpha value is -1.68. The lowest BCUT2D eigenvalue weighted by Gasteiger charge is -2.36. The van der Waals surface area contributed by atoms with Gasteiger partial charge in [0.15, 0.2) is 0 Å². The average Bonchev–Trinajstić information content (AvgIpc) is 3.20. The first-order valence-electron chi connectivity index (χ1n) is 9.90. The second-order valence-electron chi connectivity index (χ2n) is 9.02. The van der Waals surface area contributed by atoms with Gasteiger partial charge in [-0.15, -0.1) is 0 Å². The topological polar surface area (TPSA) is 117 Å². The second-order valence-corrected chi connectivity index (χ2v) is 10.8. The van der Waals surface area contributed by atoms with Crippen molar-refractivity contribution in [1.29, 1.82) is 0 Å². The van der Waals surface area contributed by atoms with Crippen LogP contribution in [-0.2, 0) is 21.2 Å². The number of carbonyl (C=O) groups is 1. The Bertz CT molecular complexity index is 1050. The van der Waals surface area contributed by atoms with Gasteiger partial charge < -0.3 is 14.5 Å². The van der Waals surface area contributed by atoms with Crippen LogP contribution in [0.4, 0.5) is 0 Å². The van der Waals surface area contributed by atoms with Crippen LogP contribution in [0.2, 0.25) is 0 Å². The smallest absolute Gasteiger partial charge is 0.464 e. The average molecular weight is 419 g/mol. The Labute approximate surface area is 170 Å². The van der Waals surface area contributed by atoms with Gasteiger partial charge in [0.1, 0.15) is 11.4 Å². The minimum atomic E-state index is -3.93. The maximum Gasteiger partial charge on any atom is 0.471 e. The van der Waals surface area contributed by atoms with Crippen molar-refractivity contribution in [3.8, 4) is 0 Å². The van der Waals surface area contributed by atoms with Crippen molar-refractivity contribution in [2.45, 2.75) is 45.5 Å². The van der Waals surface area contributed by atoms with Gasteiger partial charge in [-0.3, -0.25) is 4.79 Å². The van der Waals surface area contributed by atoms with Crippen LogP contribution in [0, 0.1) is 16.7 Å². The number of sulfonamides is 1. The highest BCUT2D eigenvalue weighted by Crippen LogP contribution is 2.64. The van der Waals surface area contributed by atoms with Crippen LogP contribution >= 0.6 is 0 Å². The summed E-state index contributed by atoms with van der Waals surface area (Å²) in [5.41, 5.74) is 0.0347. The second kappa shape index (κ2) is 6.94. The van der Waals surface area contributed by atoms with Crippen LogP contribution in [0.5, 0.6) is 0 Å². The molecule has 1 aromatic heterocycles. The molecule has 0 aliphatic heterocycles. The van der Waals surface area contributed by atoms with E-state index in [-0.39, 0.29) is 29.3 Å². The normalized spacial score (nSPS) is 26.9. The number of nitrogens with one attached hydrogen (secondary N) is 1. The number of Topliss-reactive ketones (excluding diaryl/α,β-unsaturated/α-hetero) is 1. The lowest BCUT2D eigenvalue weighted by atomic mass is 9.70. The van der Waals surface area contributed by atoms with E-state index >= 15 is 0 Å². The molecule has 156 valence electrons. The van der Waals surface area contributed by atoms with E-state index in [0.29, 0.717) is 24.0 Å². The summed E-state index contributed by atoms with van der Waals surface area (Å²) in [6, 6.07) is 7.28. The Balaban J connectivity index is 1.56. The summed E-state index contributed by atoms with van der Waals surface area (Å²) in [6.45, 7) is 3.95. The van der Waals surface area contributed by atoms with Crippen LogP contribution in [0.3, 0.4) is 0 Å². The van der Waals surface area contributed by atoms with Gasteiger partial charge in [-0.1, -0.05) is 32.0 Å². The summed E-state index contributed by atoms with van der Waals surface area (Å²) in [4.78, 5) is 12.7. The van der Waals surface area contributed by atoms with Gasteiger partial charge in [-0.2, -0.15) is 0 Å². The maximum atomic E-state index is 13.0. The van der Waals surface area contributed by atoms with Crippen LogP contribution in [0.25, 0.3) is 11.0 Å². The highest BCUT2D eigenvalue weighted by atomic mass is 32.2. The number of para-hydroxylation sites is 1.